The van der Waals surface area contributed by atoms with Gasteiger partial charge in [0, 0.05) is 11.9 Å². The van der Waals surface area contributed by atoms with Crippen LogP contribution < -0.4 is 10.9 Å². The topological polar surface area (TPSA) is 101 Å². The van der Waals surface area contributed by atoms with Gasteiger partial charge in [0.05, 0.1) is 34.2 Å². The molecule has 0 aliphatic heterocycles. The van der Waals surface area contributed by atoms with E-state index in [1.54, 1.807) is 23.2 Å². The predicted molar refractivity (Wildman–Crippen MR) is 125 cm³/mol. The number of pyridine rings is 2. The Balaban J connectivity index is 1.76. The number of aromatic nitrogens is 6. The summed E-state index contributed by atoms with van der Waals surface area (Å²) < 4.78 is 1.70. The van der Waals surface area contributed by atoms with Gasteiger partial charge in [-0.25, -0.2) is 15.0 Å². The number of aryl methyl sites for hydroxylation is 1. The van der Waals surface area contributed by atoms with E-state index in [0.29, 0.717) is 39.5 Å². The molecule has 0 unspecified atom stereocenters. The summed E-state index contributed by atoms with van der Waals surface area (Å²) in [5.74, 6) is 0.594. The third-order valence-corrected chi connectivity index (χ3v) is 5.85. The van der Waals surface area contributed by atoms with Crippen LogP contribution in [0.5, 0.6) is 0 Å². The first-order chi connectivity index (χ1) is 15.6. The zero-order valence-corrected chi connectivity index (χ0v) is 18.3. The minimum Gasteiger partial charge on any atom is -0.360 e. The number of hydrogen-bond donors (Lipinski definition) is 2. The third-order valence-electron chi connectivity index (χ3n) is 5.54. The van der Waals surface area contributed by atoms with Crippen molar-refractivity contribution < 1.29 is 0 Å². The number of fused-ring (bicyclic) bond motifs is 2. The lowest BCUT2D eigenvalue weighted by Crippen LogP contribution is -2.27. The van der Waals surface area contributed by atoms with Gasteiger partial charge in [0.25, 0.3) is 5.56 Å². The van der Waals surface area contributed by atoms with E-state index >= 15 is 0 Å². The van der Waals surface area contributed by atoms with Gasteiger partial charge in [-0.3, -0.25) is 14.3 Å². The van der Waals surface area contributed by atoms with Crippen molar-refractivity contribution in [3.05, 3.63) is 82.0 Å². The fourth-order valence-electron chi connectivity index (χ4n) is 3.98. The number of nitrogens with one attached hydrogen (secondary N) is 2. The standard InChI is InChI=1S/C23H20ClN7O/c1-3-16(30-22-20-21(27-11-26-20)28-12-29-22)18-10-14-6-4-7-15(24)19(14)23(32)31(18)17-8-5-9-25-13(17)2/h4-12,16H,3H2,1-2H3,(H2,26,27,28,29,30)/t16-/m1/s1. The molecule has 4 aromatic heterocycles. The Morgan fingerprint density at radius 2 is 2.03 bits per heavy atom. The number of halogens is 1. The molecule has 0 saturated heterocycles. The van der Waals surface area contributed by atoms with Gasteiger partial charge >= 0.3 is 0 Å². The highest BCUT2D eigenvalue weighted by molar-refractivity contribution is 6.35. The van der Waals surface area contributed by atoms with Crippen LogP contribution in [0.3, 0.4) is 0 Å². The third kappa shape index (κ3) is 3.29. The fraction of sp³-hybridized carbons (Fsp3) is 0.174. The lowest BCUT2D eigenvalue weighted by molar-refractivity contribution is 0.687. The molecule has 2 N–H and O–H groups in total. The summed E-state index contributed by atoms with van der Waals surface area (Å²) in [4.78, 5) is 34.1. The number of H-pyrrole nitrogens is 1. The highest BCUT2D eigenvalue weighted by Crippen LogP contribution is 2.30. The molecule has 4 heterocycles. The summed E-state index contributed by atoms with van der Waals surface area (Å²) in [5.41, 5.74) is 3.33. The van der Waals surface area contributed by atoms with Crippen molar-refractivity contribution in [3.63, 3.8) is 0 Å². The van der Waals surface area contributed by atoms with Gasteiger partial charge in [-0.1, -0.05) is 30.7 Å². The Labute approximate surface area is 188 Å². The summed E-state index contributed by atoms with van der Waals surface area (Å²) in [5, 5.41) is 5.14. The minimum atomic E-state index is -0.236. The number of aromatic amines is 1. The molecule has 5 rings (SSSR count). The molecule has 0 radical (unpaired) electrons. The number of imidazole rings is 1. The van der Waals surface area contributed by atoms with Crippen LogP contribution in [0, 0.1) is 6.92 Å². The Kier molecular flexibility index (Phi) is 5.07. The molecule has 9 heteroatoms. The molecule has 5 aromatic rings. The van der Waals surface area contributed by atoms with E-state index in [-0.39, 0.29) is 11.6 Å². The molecule has 0 bridgehead atoms. The maximum Gasteiger partial charge on any atom is 0.264 e. The average Bonchev–Trinajstić information content (AvgIpc) is 3.28. The molecular weight excluding hydrogens is 426 g/mol. The summed E-state index contributed by atoms with van der Waals surface area (Å²) in [6, 6.07) is 11.0. The first-order valence-corrected chi connectivity index (χ1v) is 10.6. The van der Waals surface area contributed by atoms with Gasteiger partial charge in [0.15, 0.2) is 11.5 Å². The summed E-state index contributed by atoms with van der Waals surface area (Å²) in [7, 11) is 0. The Morgan fingerprint density at radius 3 is 2.84 bits per heavy atom. The van der Waals surface area contributed by atoms with Crippen molar-refractivity contribution in [2.24, 2.45) is 0 Å². The summed E-state index contributed by atoms with van der Waals surface area (Å²) in [6.07, 6.45) is 5.47. The molecular formula is C23H20ClN7O. The van der Waals surface area contributed by atoms with E-state index in [1.165, 1.54) is 6.33 Å². The van der Waals surface area contributed by atoms with Crippen LogP contribution in [-0.4, -0.2) is 29.5 Å². The van der Waals surface area contributed by atoms with Crippen LogP contribution in [0.2, 0.25) is 5.02 Å². The number of benzene rings is 1. The first-order valence-electron chi connectivity index (χ1n) is 10.2. The zero-order chi connectivity index (χ0) is 22.2. The molecule has 1 atom stereocenters. The fourth-order valence-corrected chi connectivity index (χ4v) is 4.24. The Morgan fingerprint density at radius 1 is 1.16 bits per heavy atom. The molecule has 0 fully saturated rings. The van der Waals surface area contributed by atoms with Crippen LogP contribution in [0.4, 0.5) is 5.82 Å². The van der Waals surface area contributed by atoms with Gasteiger partial charge in [-0.05, 0) is 43.0 Å². The van der Waals surface area contributed by atoms with Crippen LogP contribution in [0.1, 0.15) is 30.8 Å². The lowest BCUT2D eigenvalue weighted by atomic mass is 10.0. The monoisotopic (exact) mass is 445 g/mol. The number of nitrogens with zero attached hydrogens (tertiary/aromatic N) is 5. The van der Waals surface area contributed by atoms with Crippen LogP contribution in [0.25, 0.3) is 27.6 Å². The van der Waals surface area contributed by atoms with Crippen molar-refractivity contribution in [1.82, 2.24) is 29.5 Å². The molecule has 0 spiro atoms. The average molecular weight is 446 g/mol. The number of rotatable bonds is 5. The van der Waals surface area contributed by atoms with Crippen LogP contribution in [-0.2, 0) is 0 Å². The van der Waals surface area contributed by atoms with Gasteiger partial charge in [0.1, 0.15) is 11.8 Å². The van der Waals surface area contributed by atoms with Gasteiger partial charge in [-0.2, -0.15) is 0 Å². The van der Waals surface area contributed by atoms with Crippen LogP contribution in [0.15, 0.2) is 60.0 Å². The SMILES string of the molecule is CC[C@@H](Nc1ncnc2[nH]cnc12)c1cc2cccc(Cl)c2c(=O)n1-c1cccnc1C. The number of anilines is 1. The van der Waals surface area contributed by atoms with Crippen molar-refractivity contribution in [2.45, 2.75) is 26.3 Å². The Hall–Kier alpha value is -3.78. The minimum absolute atomic E-state index is 0.188. The van der Waals surface area contributed by atoms with Gasteiger partial charge < -0.3 is 10.3 Å². The molecule has 0 aliphatic carbocycles. The summed E-state index contributed by atoms with van der Waals surface area (Å²) in [6.45, 7) is 3.93. The quantitative estimate of drug-likeness (QED) is 0.410. The maximum absolute atomic E-state index is 13.7. The highest BCUT2D eigenvalue weighted by atomic mass is 35.5. The van der Waals surface area contributed by atoms with E-state index in [2.05, 4.69) is 30.2 Å². The zero-order valence-electron chi connectivity index (χ0n) is 17.5. The molecule has 160 valence electrons. The van der Waals surface area contributed by atoms with Crippen molar-refractivity contribution in [2.75, 3.05) is 5.32 Å². The Bertz CT molecular complexity index is 1510. The normalized spacial score (nSPS) is 12.3. The molecule has 8 nitrogen and oxygen atoms in total. The van der Waals surface area contributed by atoms with Crippen molar-refractivity contribution in [3.8, 4) is 5.69 Å². The van der Waals surface area contributed by atoms with E-state index in [0.717, 1.165) is 16.8 Å². The van der Waals surface area contributed by atoms with E-state index < -0.39 is 0 Å². The van der Waals surface area contributed by atoms with Gasteiger partial charge in [0.2, 0.25) is 0 Å². The van der Waals surface area contributed by atoms with Gasteiger partial charge in [-0.15, -0.1) is 0 Å². The second-order valence-corrected chi connectivity index (χ2v) is 7.86. The lowest BCUT2D eigenvalue weighted by Gasteiger charge is -2.24. The largest absolute Gasteiger partial charge is 0.360 e. The van der Waals surface area contributed by atoms with Crippen molar-refractivity contribution in [1.29, 1.82) is 0 Å². The predicted octanol–water partition coefficient (Wildman–Crippen LogP) is 4.58. The maximum atomic E-state index is 13.7. The molecule has 0 amide bonds. The molecule has 0 saturated carbocycles. The second kappa shape index (κ2) is 8.05. The van der Waals surface area contributed by atoms with E-state index in [1.807, 2.05) is 44.2 Å². The van der Waals surface area contributed by atoms with Crippen molar-refractivity contribution >= 4 is 39.4 Å². The van der Waals surface area contributed by atoms with E-state index in [9.17, 15) is 4.79 Å². The number of hydrogen-bond acceptors (Lipinski definition) is 6. The van der Waals surface area contributed by atoms with E-state index in [4.69, 9.17) is 11.6 Å². The van der Waals surface area contributed by atoms with Crippen LogP contribution >= 0.6 is 11.6 Å². The first kappa shape index (κ1) is 20.1. The smallest absolute Gasteiger partial charge is 0.264 e. The second-order valence-electron chi connectivity index (χ2n) is 7.45. The molecule has 1 aromatic carbocycles. The summed E-state index contributed by atoms with van der Waals surface area (Å²) >= 11 is 6.44. The highest BCUT2D eigenvalue weighted by Gasteiger charge is 2.22. The molecule has 32 heavy (non-hydrogen) atoms. The molecule has 0 aliphatic rings.